The van der Waals surface area contributed by atoms with E-state index in [2.05, 4.69) is 15.3 Å². The minimum Gasteiger partial charge on any atom is -0.343 e. The molecule has 0 fully saturated rings. The van der Waals surface area contributed by atoms with Crippen molar-refractivity contribution in [2.24, 2.45) is 5.41 Å². The van der Waals surface area contributed by atoms with Gasteiger partial charge in [-0.05, 0) is 24.5 Å². The number of carbonyl (C=O) groups excluding carboxylic acids is 1. The van der Waals surface area contributed by atoms with Gasteiger partial charge in [-0.2, -0.15) is 13.2 Å². The van der Waals surface area contributed by atoms with E-state index in [0.29, 0.717) is 6.07 Å². The van der Waals surface area contributed by atoms with Crippen LogP contribution in [0.25, 0.3) is 0 Å². The quantitative estimate of drug-likeness (QED) is 0.790. The highest BCUT2D eigenvalue weighted by Gasteiger charge is 2.34. The van der Waals surface area contributed by atoms with Gasteiger partial charge in [-0.1, -0.05) is 26.8 Å². The number of rotatable bonds is 3. The van der Waals surface area contributed by atoms with Crippen molar-refractivity contribution in [3.05, 3.63) is 63.1 Å². The summed E-state index contributed by atoms with van der Waals surface area (Å²) in [5, 5.41) is 2.57. The summed E-state index contributed by atoms with van der Waals surface area (Å²) in [5.74, 6) is -1.59. The number of carbonyl (C=O) groups is 1. The minimum atomic E-state index is -4.67. The third kappa shape index (κ3) is 4.93. The van der Waals surface area contributed by atoms with Gasteiger partial charge in [0.15, 0.2) is 0 Å². The number of nitrogens with one attached hydrogen (secondary N) is 2. The van der Waals surface area contributed by atoms with Crippen LogP contribution in [0.5, 0.6) is 0 Å². The van der Waals surface area contributed by atoms with Crippen molar-refractivity contribution in [2.45, 2.75) is 39.9 Å². The molecule has 0 aliphatic rings. The van der Waals surface area contributed by atoms with Crippen molar-refractivity contribution in [3.8, 4) is 0 Å². The molecule has 2 aromatic rings. The van der Waals surface area contributed by atoms with Crippen LogP contribution in [-0.4, -0.2) is 15.9 Å². The molecule has 2 rings (SSSR count). The lowest BCUT2D eigenvalue weighted by molar-refractivity contribution is -0.137. The van der Waals surface area contributed by atoms with Gasteiger partial charge in [-0.15, -0.1) is 0 Å². The summed E-state index contributed by atoms with van der Waals surface area (Å²) in [6.45, 7) is 6.59. The van der Waals surface area contributed by atoms with E-state index in [1.54, 1.807) is 20.8 Å². The lowest BCUT2D eigenvalue weighted by Gasteiger charge is -2.32. The molecular formula is C18H19F4N3O2. The number of aromatic nitrogens is 2. The number of aryl methyl sites for hydroxylation is 1. The molecule has 1 aromatic carbocycles. The van der Waals surface area contributed by atoms with Gasteiger partial charge in [0, 0.05) is 11.6 Å². The fourth-order valence-corrected chi connectivity index (χ4v) is 2.60. The van der Waals surface area contributed by atoms with Gasteiger partial charge in [-0.3, -0.25) is 9.59 Å². The van der Waals surface area contributed by atoms with Crippen LogP contribution in [-0.2, 0) is 6.18 Å². The highest BCUT2D eigenvalue weighted by molar-refractivity contribution is 5.92. The molecule has 9 heteroatoms. The molecule has 5 nitrogen and oxygen atoms in total. The van der Waals surface area contributed by atoms with Crippen LogP contribution in [0.1, 0.15) is 54.3 Å². The molecule has 1 heterocycles. The second kappa shape index (κ2) is 7.13. The third-order valence-electron chi connectivity index (χ3n) is 3.87. The molecule has 2 N–H and O–H groups in total. The van der Waals surface area contributed by atoms with Gasteiger partial charge >= 0.3 is 6.18 Å². The maximum atomic E-state index is 14.4. The predicted octanol–water partition coefficient (Wildman–Crippen LogP) is 3.75. The van der Waals surface area contributed by atoms with Gasteiger partial charge < -0.3 is 10.3 Å². The molecule has 0 aliphatic heterocycles. The molecule has 0 unspecified atom stereocenters. The van der Waals surface area contributed by atoms with E-state index in [9.17, 15) is 27.2 Å². The lowest BCUT2D eigenvalue weighted by atomic mass is 9.81. The molecule has 27 heavy (non-hydrogen) atoms. The van der Waals surface area contributed by atoms with Crippen LogP contribution in [0.2, 0.25) is 0 Å². The topological polar surface area (TPSA) is 74.8 Å². The molecule has 1 atom stereocenters. The van der Waals surface area contributed by atoms with Gasteiger partial charge in [-0.25, -0.2) is 9.37 Å². The summed E-state index contributed by atoms with van der Waals surface area (Å²) in [5.41, 5.74) is -2.63. The number of amides is 1. The van der Waals surface area contributed by atoms with Crippen LogP contribution in [0, 0.1) is 18.2 Å². The van der Waals surface area contributed by atoms with Crippen molar-refractivity contribution in [1.29, 1.82) is 0 Å². The first kappa shape index (κ1) is 20.6. The second-order valence-corrected chi connectivity index (χ2v) is 7.22. The van der Waals surface area contributed by atoms with Gasteiger partial charge in [0.25, 0.3) is 11.5 Å². The number of hydrogen-bond donors (Lipinski definition) is 2. The zero-order chi connectivity index (χ0) is 20.6. The van der Waals surface area contributed by atoms with Gasteiger partial charge in [0.05, 0.1) is 11.6 Å². The lowest BCUT2D eigenvalue weighted by Crippen LogP contribution is -2.38. The van der Waals surface area contributed by atoms with Crippen LogP contribution in [0.3, 0.4) is 0 Å². The minimum absolute atomic E-state index is 0.0922. The first-order valence-corrected chi connectivity index (χ1v) is 8.04. The van der Waals surface area contributed by atoms with Gasteiger partial charge in [0.1, 0.15) is 17.3 Å². The molecule has 0 aliphatic carbocycles. The Morgan fingerprint density at radius 3 is 2.30 bits per heavy atom. The molecule has 146 valence electrons. The Morgan fingerprint density at radius 1 is 1.19 bits per heavy atom. The summed E-state index contributed by atoms with van der Waals surface area (Å²) >= 11 is 0. The summed E-state index contributed by atoms with van der Waals surface area (Å²) in [4.78, 5) is 30.3. The number of halogens is 4. The monoisotopic (exact) mass is 385 g/mol. The average molecular weight is 385 g/mol. The van der Waals surface area contributed by atoms with E-state index < -0.39 is 40.5 Å². The zero-order valence-corrected chi connectivity index (χ0v) is 15.2. The largest absolute Gasteiger partial charge is 0.416 e. The number of aromatic amines is 1. The fraction of sp³-hybridized carbons (Fsp3) is 0.389. The molecule has 0 saturated heterocycles. The Labute approximate surface area is 152 Å². The third-order valence-corrected chi connectivity index (χ3v) is 3.87. The average Bonchev–Trinajstić information content (AvgIpc) is 2.49. The first-order valence-electron chi connectivity index (χ1n) is 8.04. The summed E-state index contributed by atoms with van der Waals surface area (Å²) in [6.07, 6.45) is -4.67. The number of H-pyrrole nitrogens is 1. The van der Waals surface area contributed by atoms with Crippen LogP contribution in [0.15, 0.2) is 29.1 Å². The SMILES string of the molecule is Cc1nc(C(=O)N[C@@H](c2ccc(C(F)(F)F)cc2F)C(C)(C)C)cc(=O)[nH]1. The van der Waals surface area contributed by atoms with Crippen molar-refractivity contribution in [2.75, 3.05) is 0 Å². The summed E-state index contributed by atoms with van der Waals surface area (Å²) in [6, 6.07) is 2.21. The Bertz CT molecular complexity index is 914. The first-order chi connectivity index (χ1) is 12.3. The maximum Gasteiger partial charge on any atom is 0.416 e. The van der Waals surface area contributed by atoms with E-state index in [1.165, 1.54) is 6.92 Å². The molecule has 0 saturated carbocycles. The maximum absolute atomic E-state index is 14.4. The number of nitrogens with zero attached hydrogens (tertiary/aromatic N) is 1. The van der Waals surface area contributed by atoms with Crippen molar-refractivity contribution in [3.63, 3.8) is 0 Å². The highest BCUT2D eigenvalue weighted by atomic mass is 19.4. The van der Waals surface area contributed by atoms with E-state index in [4.69, 9.17) is 0 Å². The molecule has 0 spiro atoms. The normalized spacial score (nSPS) is 13.3. The van der Waals surface area contributed by atoms with Crippen molar-refractivity contribution >= 4 is 5.91 Å². The number of hydrogen-bond acceptors (Lipinski definition) is 3. The van der Waals surface area contributed by atoms with E-state index in [0.717, 1.165) is 18.2 Å². The summed E-state index contributed by atoms with van der Waals surface area (Å²) < 4.78 is 52.7. The number of alkyl halides is 3. The Kier molecular flexibility index (Phi) is 5.44. The van der Waals surface area contributed by atoms with E-state index in [1.807, 2.05) is 0 Å². The van der Waals surface area contributed by atoms with E-state index in [-0.39, 0.29) is 17.1 Å². The molecule has 1 amide bonds. The molecule has 0 bridgehead atoms. The Morgan fingerprint density at radius 2 is 1.81 bits per heavy atom. The van der Waals surface area contributed by atoms with Crippen LogP contribution in [0.4, 0.5) is 17.6 Å². The molecule has 1 aromatic heterocycles. The smallest absolute Gasteiger partial charge is 0.343 e. The highest BCUT2D eigenvalue weighted by Crippen LogP contribution is 2.37. The summed E-state index contributed by atoms with van der Waals surface area (Å²) in [7, 11) is 0. The molecule has 0 radical (unpaired) electrons. The Balaban J connectivity index is 2.42. The fourth-order valence-electron chi connectivity index (χ4n) is 2.60. The predicted molar refractivity (Wildman–Crippen MR) is 90.7 cm³/mol. The second-order valence-electron chi connectivity index (χ2n) is 7.22. The zero-order valence-electron chi connectivity index (χ0n) is 15.2. The molecular weight excluding hydrogens is 366 g/mol. The van der Waals surface area contributed by atoms with E-state index >= 15 is 0 Å². The van der Waals surface area contributed by atoms with Crippen LogP contribution < -0.4 is 10.9 Å². The van der Waals surface area contributed by atoms with Crippen LogP contribution >= 0.6 is 0 Å². The van der Waals surface area contributed by atoms with Crippen molar-refractivity contribution < 1.29 is 22.4 Å². The standard InChI is InChI=1S/C18H19F4N3O2/c1-9-23-13(8-14(26)24-9)16(27)25-15(17(2,3)4)11-6-5-10(7-12(11)19)18(20,21)22/h5-8,15H,1-4H3,(H,25,27)(H,23,24,26)/t15-/m0/s1. The Hall–Kier alpha value is -2.71. The number of benzene rings is 1. The van der Waals surface area contributed by atoms with Crippen molar-refractivity contribution in [1.82, 2.24) is 15.3 Å². The van der Waals surface area contributed by atoms with Gasteiger partial charge in [0.2, 0.25) is 0 Å².